The monoisotopic (exact) mass is 330 g/mol. The van der Waals surface area contributed by atoms with E-state index in [-0.39, 0.29) is 5.41 Å². The smallest absolute Gasteiger partial charge is 0.161 e. The van der Waals surface area contributed by atoms with E-state index in [1.165, 1.54) is 11.1 Å². The maximum atomic E-state index is 5.42. The quantitative estimate of drug-likeness (QED) is 0.775. The van der Waals surface area contributed by atoms with E-state index in [0.717, 1.165) is 22.6 Å². The number of fused-ring (bicyclic) bond motifs is 1. The second-order valence-electron chi connectivity index (χ2n) is 5.13. The van der Waals surface area contributed by atoms with E-state index >= 15 is 0 Å². The fourth-order valence-corrected chi connectivity index (χ4v) is 4.50. The molecule has 2 nitrogen and oxygen atoms in total. The summed E-state index contributed by atoms with van der Waals surface area (Å²) in [6.07, 6.45) is 0. The average Bonchev–Trinajstić information content (AvgIpc) is 2.37. The number of hydrogen-bond acceptors (Lipinski definition) is 3. The van der Waals surface area contributed by atoms with Crippen LogP contribution in [0.3, 0.4) is 0 Å². The molecule has 1 heterocycles. The molecule has 0 saturated carbocycles. The lowest BCUT2D eigenvalue weighted by Crippen LogP contribution is -2.28. The molecule has 4 heteroatoms. The summed E-state index contributed by atoms with van der Waals surface area (Å²) in [7, 11) is 3.38. The van der Waals surface area contributed by atoms with Crippen molar-refractivity contribution in [1.82, 2.24) is 0 Å². The van der Waals surface area contributed by atoms with Crippen LogP contribution < -0.4 is 9.47 Å². The molecule has 1 aliphatic heterocycles. The van der Waals surface area contributed by atoms with E-state index in [4.69, 9.17) is 9.47 Å². The van der Waals surface area contributed by atoms with E-state index in [1.54, 1.807) is 14.2 Å². The minimum absolute atomic E-state index is 0.179. The molecule has 1 aliphatic rings. The third-order valence-electron chi connectivity index (χ3n) is 3.42. The number of alkyl halides is 1. The lowest BCUT2D eigenvalue weighted by atomic mass is 9.82. The van der Waals surface area contributed by atoms with Gasteiger partial charge in [0.15, 0.2) is 11.5 Å². The topological polar surface area (TPSA) is 18.5 Å². The Hall–Kier alpha value is -0.350. The minimum Gasteiger partial charge on any atom is -0.493 e. The Morgan fingerprint density at radius 1 is 1.28 bits per heavy atom. The molecule has 1 aromatic carbocycles. The first-order valence-electron chi connectivity index (χ1n) is 5.97. The zero-order chi connectivity index (χ0) is 13.3. The summed E-state index contributed by atoms with van der Waals surface area (Å²) >= 11 is 5.61. The van der Waals surface area contributed by atoms with Gasteiger partial charge < -0.3 is 9.47 Å². The Morgan fingerprint density at radius 3 is 2.44 bits per heavy atom. The van der Waals surface area contributed by atoms with Crippen LogP contribution in [-0.2, 0) is 5.41 Å². The van der Waals surface area contributed by atoms with Crippen LogP contribution in [0, 0.1) is 0 Å². The lowest BCUT2D eigenvalue weighted by molar-refractivity contribution is 0.353. The summed E-state index contributed by atoms with van der Waals surface area (Å²) in [6.45, 7) is 4.57. The van der Waals surface area contributed by atoms with Crippen LogP contribution >= 0.6 is 27.7 Å². The van der Waals surface area contributed by atoms with Crippen LogP contribution in [0.15, 0.2) is 12.1 Å². The Labute approximate surface area is 122 Å². The molecular weight excluding hydrogens is 312 g/mol. The summed E-state index contributed by atoms with van der Waals surface area (Å²) < 4.78 is 10.8. The molecule has 100 valence electrons. The molecule has 0 N–H and O–H groups in total. The van der Waals surface area contributed by atoms with Gasteiger partial charge in [-0.1, -0.05) is 29.8 Å². The van der Waals surface area contributed by atoms with E-state index < -0.39 is 0 Å². The number of thioether (sulfide) groups is 1. The molecular formula is C14H19BrO2S. The lowest BCUT2D eigenvalue weighted by Gasteiger charge is -2.36. The van der Waals surface area contributed by atoms with Gasteiger partial charge in [0, 0.05) is 16.3 Å². The van der Waals surface area contributed by atoms with Gasteiger partial charge in [-0.25, -0.2) is 0 Å². The number of benzene rings is 1. The number of rotatable bonds is 3. The fraction of sp³-hybridized carbons (Fsp3) is 0.571. The van der Waals surface area contributed by atoms with E-state index in [0.29, 0.717) is 5.25 Å². The van der Waals surface area contributed by atoms with Crippen LogP contribution in [0.25, 0.3) is 0 Å². The van der Waals surface area contributed by atoms with Crippen molar-refractivity contribution in [2.24, 2.45) is 0 Å². The Balaban J connectivity index is 2.59. The molecule has 0 aliphatic carbocycles. The van der Waals surface area contributed by atoms with Crippen molar-refractivity contribution in [3.8, 4) is 11.5 Å². The van der Waals surface area contributed by atoms with E-state index in [9.17, 15) is 0 Å². The van der Waals surface area contributed by atoms with Crippen molar-refractivity contribution in [2.45, 2.75) is 24.5 Å². The van der Waals surface area contributed by atoms with Crippen molar-refractivity contribution in [1.29, 1.82) is 0 Å². The predicted octanol–water partition coefficient (Wildman–Crippen LogP) is 4.16. The fourth-order valence-electron chi connectivity index (χ4n) is 2.35. The summed E-state index contributed by atoms with van der Waals surface area (Å²) in [4.78, 5) is 0. The molecule has 0 bridgehead atoms. The number of ether oxygens (including phenoxy) is 2. The number of hydrogen-bond donors (Lipinski definition) is 0. The largest absolute Gasteiger partial charge is 0.493 e. The molecule has 0 spiro atoms. The average molecular weight is 331 g/mol. The molecule has 0 saturated heterocycles. The molecule has 0 aromatic heterocycles. The Bertz CT molecular complexity index is 446. The second-order valence-corrected chi connectivity index (χ2v) is 6.97. The highest BCUT2D eigenvalue weighted by Gasteiger charge is 2.34. The standard InChI is InChI=1S/C14H19BrO2S/c1-14(2)8-18-13(7-15)9-5-11(16-3)12(17-4)6-10(9)14/h5-6,13H,7-8H2,1-4H3. The van der Waals surface area contributed by atoms with Crippen molar-refractivity contribution in [3.63, 3.8) is 0 Å². The SMILES string of the molecule is COc1cc2c(cc1OC)C(C)(C)CSC2CBr. The van der Waals surface area contributed by atoms with Crippen LogP contribution in [0.1, 0.15) is 30.2 Å². The van der Waals surface area contributed by atoms with Gasteiger partial charge in [-0.3, -0.25) is 0 Å². The van der Waals surface area contributed by atoms with Crippen molar-refractivity contribution < 1.29 is 9.47 Å². The maximum Gasteiger partial charge on any atom is 0.161 e. The zero-order valence-electron chi connectivity index (χ0n) is 11.2. The summed E-state index contributed by atoms with van der Waals surface area (Å²) in [5.74, 6) is 2.77. The predicted molar refractivity (Wildman–Crippen MR) is 81.6 cm³/mol. The molecule has 0 radical (unpaired) electrons. The van der Waals surface area contributed by atoms with E-state index in [2.05, 4.69) is 41.9 Å². The Kier molecular flexibility index (Phi) is 4.17. The van der Waals surface area contributed by atoms with Gasteiger partial charge in [-0.15, -0.1) is 0 Å². The minimum atomic E-state index is 0.179. The van der Waals surface area contributed by atoms with Gasteiger partial charge in [0.25, 0.3) is 0 Å². The van der Waals surface area contributed by atoms with Gasteiger partial charge in [0.05, 0.1) is 14.2 Å². The summed E-state index contributed by atoms with van der Waals surface area (Å²) in [6, 6.07) is 4.28. The normalized spacial score (nSPS) is 21.3. The van der Waals surface area contributed by atoms with Crippen molar-refractivity contribution in [3.05, 3.63) is 23.3 Å². The second kappa shape index (κ2) is 5.33. The highest BCUT2D eigenvalue weighted by atomic mass is 79.9. The third kappa shape index (κ3) is 2.37. The van der Waals surface area contributed by atoms with Gasteiger partial charge in [0.1, 0.15) is 0 Å². The first-order chi connectivity index (χ1) is 8.53. The van der Waals surface area contributed by atoms with Crippen LogP contribution in [0.2, 0.25) is 0 Å². The third-order valence-corrected chi connectivity index (χ3v) is 6.20. The molecule has 1 aromatic rings. The van der Waals surface area contributed by atoms with Crippen LogP contribution in [0.4, 0.5) is 0 Å². The first kappa shape index (κ1) is 14.1. The van der Waals surface area contributed by atoms with Crippen molar-refractivity contribution in [2.75, 3.05) is 25.3 Å². The summed E-state index contributed by atoms with van der Waals surface area (Å²) in [5.41, 5.74) is 2.92. The molecule has 1 atom stereocenters. The highest BCUT2D eigenvalue weighted by Crippen LogP contribution is 2.49. The molecule has 2 rings (SSSR count). The molecule has 1 unspecified atom stereocenters. The van der Waals surface area contributed by atoms with Gasteiger partial charge in [-0.05, 0) is 28.7 Å². The first-order valence-corrected chi connectivity index (χ1v) is 8.14. The Morgan fingerprint density at radius 2 is 1.89 bits per heavy atom. The highest BCUT2D eigenvalue weighted by molar-refractivity contribution is 9.09. The van der Waals surface area contributed by atoms with Crippen LogP contribution in [0.5, 0.6) is 11.5 Å². The van der Waals surface area contributed by atoms with Crippen LogP contribution in [-0.4, -0.2) is 25.3 Å². The van der Waals surface area contributed by atoms with E-state index in [1.807, 2.05) is 11.8 Å². The molecule has 0 fully saturated rings. The van der Waals surface area contributed by atoms with Gasteiger partial charge >= 0.3 is 0 Å². The molecule has 18 heavy (non-hydrogen) atoms. The number of methoxy groups -OCH3 is 2. The number of halogens is 1. The van der Waals surface area contributed by atoms with Gasteiger partial charge in [-0.2, -0.15) is 11.8 Å². The zero-order valence-corrected chi connectivity index (χ0v) is 13.7. The maximum absolute atomic E-state index is 5.42. The van der Waals surface area contributed by atoms with Gasteiger partial charge in [0.2, 0.25) is 0 Å². The summed E-state index contributed by atoms with van der Waals surface area (Å²) in [5, 5.41) is 1.46. The van der Waals surface area contributed by atoms with Crippen molar-refractivity contribution >= 4 is 27.7 Å². The molecule has 0 amide bonds.